The van der Waals surface area contributed by atoms with E-state index in [0.29, 0.717) is 13.0 Å². The molecular formula is C21H32FNO4. The van der Waals surface area contributed by atoms with Crippen LogP contribution in [0.3, 0.4) is 0 Å². The third-order valence-electron chi connectivity index (χ3n) is 6.19. The number of ether oxygens (including phenoxy) is 4. The summed E-state index contributed by atoms with van der Waals surface area (Å²) in [7, 11) is 3.14. The Morgan fingerprint density at radius 3 is 2.37 bits per heavy atom. The number of nitrogens with zero attached hydrogens (tertiary/aromatic N) is 1. The highest BCUT2D eigenvalue weighted by atomic mass is 19.1. The molecule has 2 fully saturated rings. The van der Waals surface area contributed by atoms with Gasteiger partial charge in [0.05, 0.1) is 6.10 Å². The molecule has 2 aliphatic heterocycles. The van der Waals surface area contributed by atoms with Crippen LogP contribution in [-0.2, 0) is 25.5 Å². The zero-order valence-electron chi connectivity index (χ0n) is 17.0. The first-order valence-electron chi connectivity index (χ1n) is 9.68. The lowest BCUT2D eigenvalue weighted by Crippen LogP contribution is -2.67. The number of hydrogen-bond acceptors (Lipinski definition) is 5. The standard InChI is InChI=1S/C21H32FNO4/c1-15(22)17-11-12-23(13-16-9-7-6-8-10-16)14-18-19(17)27-21(3,25-5)20(2,24-4)26-18/h6-10,15,17-19H,11-14H2,1-5H3/t15-,17-,18-,19-,20+,21+/m1/s1. The van der Waals surface area contributed by atoms with Gasteiger partial charge >= 0.3 is 0 Å². The van der Waals surface area contributed by atoms with E-state index in [1.807, 2.05) is 25.1 Å². The first-order valence-corrected chi connectivity index (χ1v) is 9.68. The highest BCUT2D eigenvalue weighted by Gasteiger charge is 2.59. The number of fused-ring (bicyclic) bond motifs is 1. The van der Waals surface area contributed by atoms with Crippen LogP contribution in [0, 0.1) is 5.92 Å². The Labute approximate surface area is 161 Å². The van der Waals surface area contributed by atoms with Crippen molar-refractivity contribution in [1.82, 2.24) is 4.90 Å². The van der Waals surface area contributed by atoms with E-state index in [4.69, 9.17) is 18.9 Å². The van der Waals surface area contributed by atoms with Gasteiger partial charge in [-0.1, -0.05) is 30.3 Å². The first kappa shape index (κ1) is 20.7. The summed E-state index contributed by atoms with van der Waals surface area (Å²) >= 11 is 0. The van der Waals surface area contributed by atoms with Gasteiger partial charge in [-0.05, 0) is 39.3 Å². The van der Waals surface area contributed by atoms with Crippen molar-refractivity contribution in [3.63, 3.8) is 0 Å². The average molecular weight is 381 g/mol. The van der Waals surface area contributed by atoms with Gasteiger partial charge in [0, 0.05) is 33.2 Å². The lowest BCUT2D eigenvalue weighted by atomic mass is 9.89. The number of hydrogen-bond donors (Lipinski definition) is 0. The van der Waals surface area contributed by atoms with Crippen LogP contribution in [0.25, 0.3) is 0 Å². The van der Waals surface area contributed by atoms with E-state index in [1.165, 1.54) is 5.56 Å². The van der Waals surface area contributed by atoms with Crippen LogP contribution in [0.2, 0.25) is 0 Å². The van der Waals surface area contributed by atoms with Crippen molar-refractivity contribution >= 4 is 0 Å². The highest BCUT2D eigenvalue weighted by molar-refractivity contribution is 5.14. The van der Waals surface area contributed by atoms with Crippen molar-refractivity contribution < 1.29 is 23.3 Å². The van der Waals surface area contributed by atoms with Crippen LogP contribution < -0.4 is 0 Å². The molecule has 0 unspecified atom stereocenters. The molecule has 2 heterocycles. The molecule has 6 atom stereocenters. The maximum atomic E-state index is 14.5. The summed E-state index contributed by atoms with van der Waals surface area (Å²) < 4.78 is 38.5. The van der Waals surface area contributed by atoms with Crippen molar-refractivity contribution in [2.24, 2.45) is 5.92 Å². The minimum atomic E-state index is -1.11. The summed E-state index contributed by atoms with van der Waals surface area (Å²) in [6, 6.07) is 10.3. The van der Waals surface area contributed by atoms with E-state index in [1.54, 1.807) is 28.1 Å². The number of halogens is 1. The molecule has 0 bridgehead atoms. The van der Waals surface area contributed by atoms with Crippen LogP contribution in [0.1, 0.15) is 32.8 Å². The minimum Gasteiger partial charge on any atom is -0.349 e. The molecule has 2 aliphatic rings. The maximum Gasteiger partial charge on any atom is 0.220 e. The second kappa shape index (κ2) is 8.13. The Morgan fingerprint density at radius 2 is 1.78 bits per heavy atom. The van der Waals surface area contributed by atoms with E-state index < -0.39 is 17.7 Å². The summed E-state index contributed by atoms with van der Waals surface area (Å²) in [6.45, 7) is 7.45. The molecule has 6 heteroatoms. The van der Waals surface area contributed by atoms with E-state index in [2.05, 4.69) is 17.0 Å². The number of benzene rings is 1. The molecule has 0 amide bonds. The number of likely N-dealkylation sites (tertiary alicyclic amines) is 1. The van der Waals surface area contributed by atoms with Crippen LogP contribution in [0.4, 0.5) is 4.39 Å². The smallest absolute Gasteiger partial charge is 0.220 e. The largest absolute Gasteiger partial charge is 0.349 e. The van der Waals surface area contributed by atoms with Crippen LogP contribution in [0.15, 0.2) is 30.3 Å². The fraction of sp³-hybridized carbons (Fsp3) is 0.714. The van der Waals surface area contributed by atoms with Gasteiger partial charge in [-0.3, -0.25) is 4.90 Å². The van der Waals surface area contributed by atoms with Crippen molar-refractivity contribution in [3.05, 3.63) is 35.9 Å². The molecular weight excluding hydrogens is 349 g/mol. The zero-order valence-corrected chi connectivity index (χ0v) is 17.0. The fourth-order valence-electron chi connectivity index (χ4n) is 4.19. The molecule has 2 saturated heterocycles. The van der Waals surface area contributed by atoms with Gasteiger partial charge in [-0.2, -0.15) is 0 Å². The third-order valence-corrected chi connectivity index (χ3v) is 6.19. The van der Waals surface area contributed by atoms with Crippen LogP contribution >= 0.6 is 0 Å². The van der Waals surface area contributed by atoms with Gasteiger partial charge in [-0.15, -0.1) is 0 Å². The maximum absolute atomic E-state index is 14.5. The second-order valence-corrected chi connectivity index (χ2v) is 7.89. The molecule has 0 aliphatic carbocycles. The van der Waals surface area contributed by atoms with Crippen LogP contribution in [-0.4, -0.2) is 62.2 Å². The molecule has 0 aromatic heterocycles. The van der Waals surface area contributed by atoms with E-state index in [0.717, 1.165) is 13.1 Å². The van der Waals surface area contributed by atoms with Gasteiger partial charge in [0.2, 0.25) is 11.6 Å². The van der Waals surface area contributed by atoms with Gasteiger partial charge in [0.1, 0.15) is 12.3 Å². The van der Waals surface area contributed by atoms with Gasteiger partial charge in [-0.25, -0.2) is 4.39 Å². The Kier molecular flexibility index (Phi) is 6.23. The average Bonchev–Trinajstić information content (AvgIpc) is 2.81. The zero-order chi connectivity index (χ0) is 19.7. The van der Waals surface area contributed by atoms with E-state index >= 15 is 0 Å². The van der Waals surface area contributed by atoms with Gasteiger partial charge < -0.3 is 18.9 Å². The quantitative estimate of drug-likeness (QED) is 0.782. The lowest BCUT2D eigenvalue weighted by Gasteiger charge is -2.53. The van der Waals surface area contributed by atoms with E-state index in [-0.39, 0.29) is 18.1 Å². The lowest BCUT2D eigenvalue weighted by molar-refractivity contribution is -0.452. The first-order chi connectivity index (χ1) is 12.8. The number of methoxy groups -OCH3 is 2. The summed E-state index contributed by atoms with van der Waals surface area (Å²) in [5.74, 6) is -2.44. The Morgan fingerprint density at radius 1 is 1.15 bits per heavy atom. The summed E-state index contributed by atoms with van der Waals surface area (Å²) in [5.41, 5.74) is 1.23. The summed E-state index contributed by atoms with van der Waals surface area (Å²) in [4.78, 5) is 2.31. The van der Waals surface area contributed by atoms with Crippen molar-refractivity contribution in [3.8, 4) is 0 Å². The molecule has 5 nitrogen and oxygen atoms in total. The molecule has 3 rings (SSSR count). The molecule has 0 saturated carbocycles. The fourth-order valence-corrected chi connectivity index (χ4v) is 4.19. The Bertz CT molecular complexity index is 615. The molecule has 0 spiro atoms. The molecule has 1 aromatic carbocycles. The minimum absolute atomic E-state index is 0.258. The van der Waals surface area contributed by atoms with Crippen molar-refractivity contribution in [2.45, 2.75) is 63.7 Å². The SMILES string of the molecule is CO[C@@]1(C)O[C@@H]2[C@@H]([C@@H](C)F)CCN(Cc3ccccc3)C[C@H]2O[C@]1(C)OC. The Balaban J connectivity index is 1.85. The van der Waals surface area contributed by atoms with Gasteiger partial charge in [0.15, 0.2) is 0 Å². The predicted octanol–water partition coefficient (Wildman–Crippen LogP) is 3.38. The van der Waals surface area contributed by atoms with E-state index in [9.17, 15) is 4.39 Å². The number of alkyl halides is 1. The molecule has 0 N–H and O–H groups in total. The Hall–Kier alpha value is -1.05. The predicted molar refractivity (Wildman–Crippen MR) is 101 cm³/mol. The van der Waals surface area contributed by atoms with Crippen molar-refractivity contribution in [1.29, 1.82) is 0 Å². The monoisotopic (exact) mass is 381 g/mol. The molecule has 27 heavy (non-hydrogen) atoms. The highest BCUT2D eigenvalue weighted by Crippen LogP contribution is 2.43. The summed E-state index contributed by atoms with van der Waals surface area (Å²) in [5, 5.41) is 0. The third kappa shape index (κ3) is 4.05. The normalized spacial score (nSPS) is 38.8. The van der Waals surface area contributed by atoms with Crippen LogP contribution in [0.5, 0.6) is 0 Å². The topological polar surface area (TPSA) is 40.2 Å². The van der Waals surface area contributed by atoms with Gasteiger partial charge in [0.25, 0.3) is 0 Å². The summed E-state index contributed by atoms with van der Waals surface area (Å²) in [6.07, 6.45) is -0.976. The number of rotatable bonds is 5. The second-order valence-electron chi connectivity index (χ2n) is 7.89. The van der Waals surface area contributed by atoms with Crippen molar-refractivity contribution in [2.75, 3.05) is 27.3 Å². The molecule has 1 aromatic rings. The molecule has 0 radical (unpaired) electrons. The molecule has 152 valence electrons.